The highest BCUT2D eigenvalue weighted by Crippen LogP contribution is 2.13. The lowest BCUT2D eigenvalue weighted by atomic mass is 10.1. The second kappa shape index (κ2) is 3.78. The van der Waals surface area contributed by atoms with Crippen LogP contribution >= 0.6 is 0 Å². The molecule has 1 aliphatic rings. The van der Waals surface area contributed by atoms with Crippen LogP contribution in [0.1, 0.15) is 34.1 Å². The molecule has 0 saturated heterocycles. The molecule has 0 spiro atoms. The number of hydrogen-bond donors (Lipinski definition) is 1. The van der Waals surface area contributed by atoms with Crippen molar-refractivity contribution in [2.75, 3.05) is 0 Å². The molecule has 0 amide bonds. The van der Waals surface area contributed by atoms with Crippen LogP contribution in [-0.4, -0.2) is 23.4 Å². The summed E-state index contributed by atoms with van der Waals surface area (Å²) >= 11 is 0. The third kappa shape index (κ3) is 2.13. The molecule has 0 radical (unpaired) electrons. The fraction of sp³-hybridized carbons (Fsp3) is 0.889. The van der Waals surface area contributed by atoms with E-state index in [2.05, 4.69) is 43.1 Å². The SMILES string of the molecule is CC(C)CC1NN=CN1C(C)C. The second-order valence-corrected chi connectivity index (χ2v) is 4.06. The van der Waals surface area contributed by atoms with Crippen molar-refractivity contribution < 1.29 is 0 Å². The minimum atomic E-state index is 0.407. The highest BCUT2D eigenvalue weighted by Gasteiger charge is 2.22. The molecule has 0 fully saturated rings. The number of nitrogens with zero attached hydrogens (tertiary/aromatic N) is 2. The molecular formula is C9H19N3. The van der Waals surface area contributed by atoms with Gasteiger partial charge in [0.05, 0.1) is 0 Å². The Kier molecular flexibility index (Phi) is 2.95. The van der Waals surface area contributed by atoms with E-state index >= 15 is 0 Å². The highest BCUT2D eigenvalue weighted by atomic mass is 15.5. The standard InChI is InChI=1S/C9H19N3/c1-7(2)5-9-11-10-6-12(9)8(3)4/h6-9,11H,5H2,1-4H3. The predicted octanol–water partition coefficient (Wildman–Crippen LogP) is 1.62. The Morgan fingerprint density at radius 1 is 1.42 bits per heavy atom. The summed E-state index contributed by atoms with van der Waals surface area (Å²) in [6.45, 7) is 8.84. The maximum Gasteiger partial charge on any atom is 0.116 e. The van der Waals surface area contributed by atoms with Crippen molar-refractivity contribution in [1.29, 1.82) is 0 Å². The van der Waals surface area contributed by atoms with Crippen molar-refractivity contribution in [3.63, 3.8) is 0 Å². The summed E-state index contributed by atoms with van der Waals surface area (Å²) in [5.74, 6) is 0.713. The van der Waals surface area contributed by atoms with Crippen molar-refractivity contribution in [2.24, 2.45) is 11.0 Å². The Bertz CT molecular complexity index is 163. The van der Waals surface area contributed by atoms with E-state index in [1.807, 2.05) is 6.34 Å². The third-order valence-corrected chi connectivity index (χ3v) is 2.07. The molecule has 1 heterocycles. The summed E-state index contributed by atoms with van der Waals surface area (Å²) in [6.07, 6.45) is 3.46. The van der Waals surface area contributed by atoms with Crippen molar-refractivity contribution in [2.45, 2.75) is 46.3 Å². The minimum absolute atomic E-state index is 0.407. The maximum atomic E-state index is 4.07. The van der Waals surface area contributed by atoms with E-state index in [0.29, 0.717) is 18.1 Å². The molecule has 1 unspecified atom stereocenters. The van der Waals surface area contributed by atoms with Crippen molar-refractivity contribution in [3.8, 4) is 0 Å². The Balaban J connectivity index is 2.45. The van der Waals surface area contributed by atoms with Crippen LogP contribution in [0.5, 0.6) is 0 Å². The predicted molar refractivity (Wildman–Crippen MR) is 51.8 cm³/mol. The van der Waals surface area contributed by atoms with Gasteiger partial charge in [0.1, 0.15) is 12.5 Å². The van der Waals surface area contributed by atoms with Crippen LogP contribution in [0.2, 0.25) is 0 Å². The zero-order chi connectivity index (χ0) is 9.14. The van der Waals surface area contributed by atoms with E-state index in [1.165, 1.54) is 0 Å². The quantitative estimate of drug-likeness (QED) is 0.695. The number of rotatable bonds is 3. The molecule has 0 aromatic rings. The Morgan fingerprint density at radius 3 is 2.58 bits per heavy atom. The van der Waals surface area contributed by atoms with Crippen LogP contribution in [0.4, 0.5) is 0 Å². The number of hydrogen-bond acceptors (Lipinski definition) is 3. The number of nitrogens with one attached hydrogen (secondary N) is 1. The molecule has 0 aromatic heterocycles. The third-order valence-electron chi connectivity index (χ3n) is 2.07. The van der Waals surface area contributed by atoms with Gasteiger partial charge in [-0.3, -0.25) is 5.43 Å². The molecule has 1 N–H and O–H groups in total. The zero-order valence-electron chi connectivity index (χ0n) is 8.41. The van der Waals surface area contributed by atoms with E-state index < -0.39 is 0 Å². The van der Waals surface area contributed by atoms with Crippen LogP contribution in [0, 0.1) is 5.92 Å². The lowest BCUT2D eigenvalue weighted by molar-refractivity contribution is 0.227. The van der Waals surface area contributed by atoms with Crippen LogP contribution < -0.4 is 5.43 Å². The van der Waals surface area contributed by atoms with Crippen LogP contribution in [0.3, 0.4) is 0 Å². The normalized spacial score (nSPS) is 22.5. The molecular weight excluding hydrogens is 150 g/mol. The van der Waals surface area contributed by atoms with Crippen LogP contribution in [-0.2, 0) is 0 Å². The number of hydrazone groups is 1. The maximum absolute atomic E-state index is 4.07. The molecule has 0 aliphatic carbocycles. The first kappa shape index (κ1) is 9.36. The van der Waals surface area contributed by atoms with E-state index in [1.54, 1.807) is 0 Å². The molecule has 1 aliphatic heterocycles. The van der Waals surface area contributed by atoms with E-state index in [0.717, 1.165) is 6.42 Å². The molecule has 1 rings (SSSR count). The Hall–Kier alpha value is -0.730. The van der Waals surface area contributed by atoms with Gasteiger partial charge in [0.15, 0.2) is 0 Å². The lowest BCUT2D eigenvalue weighted by Gasteiger charge is -2.28. The zero-order valence-corrected chi connectivity index (χ0v) is 8.41. The van der Waals surface area contributed by atoms with Gasteiger partial charge in [-0.2, -0.15) is 5.10 Å². The lowest BCUT2D eigenvalue weighted by Crippen LogP contribution is -2.41. The summed E-state index contributed by atoms with van der Waals surface area (Å²) in [7, 11) is 0. The summed E-state index contributed by atoms with van der Waals surface area (Å²) in [5, 5.41) is 4.07. The van der Waals surface area contributed by atoms with E-state index in [4.69, 9.17) is 0 Å². The molecule has 12 heavy (non-hydrogen) atoms. The van der Waals surface area contributed by atoms with E-state index in [-0.39, 0.29) is 0 Å². The minimum Gasteiger partial charge on any atom is -0.337 e. The molecule has 0 saturated carbocycles. The first-order valence-corrected chi connectivity index (χ1v) is 4.67. The van der Waals surface area contributed by atoms with Gasteiger partial charge in [-0.25, -0.2) is 0 Å². The summed E-state index contributed by atoms with van der Waals surface area (Å²) in [5.41, 5.74) is 3.11. The van der Waals surface area contributed by atoms with Gasteiger partial charge in [-0.05, 0) is 26.2 Å². The average Bonchev–Trinajstić information content (AvgIpc) is 2.33. The average molecular weight is 169 g/mol. The molecule has 3 nitrogen and oxygen atoms in total. The van der Waals surface area contributed by atoms with Gasteiger partial charge in [0.2, 0.25) is 0 Å². The topological polar surface area (TPSA) is 27.6 Å². The Labute approximate surface area is 74.8 Å². The fourth-order valence-corrected chi connectivity index (χ4v) is 1.45. The Morgan fingerprint density at radius 2 is 2.08 bits per heavy atom. The highest BCUT2D eigenvalue weighted by molar-refractivity contribution is 5.57. The molecule has 3 heteroatoms. The van der Waals surface area contributed by atoms with Crippen LogP contribution in [0.15, 0.2) is 5.10 Å². The molecule has 1 atom stereocenters. The smallest absolute Gasteiger partial charge is 0.116 e. The first-order valence-electron chi connectivity index (χ1n) is 4.67. The van der Waals surface area contributed by atoms with Crippen molar-refractivity contribution in [1.82, 2.24) is 10.3 Å². The monoisotopic (exact) mass is 169 g/mol. The van der Waals surface area contributed by atoms with Gasteiger partial charge >= 0.3 is 0 Å². The first-order chi connectivity index (χ1) is 5.61. The largest absolute Gasteiger partial charge is 0.337 e. The van der Waals surface area contributed by atoms with Gasteiger partial charge < -0.3 is 4.90 Å². The van der Waals surface area contributed by atoms with E-state index in [9.17, 15) is 0 Å². The van der Waals surface area contributed by atoms with Crippen molar-refractivity contribution in [3.05, 3.63) is 0 Å². The summed E-state index contributed by atoms with van der Waals surface area (Å²) in [4.78, 5) is 2.26. The molecule has 0 aromatic carbocycles. The van der Waals surface area contributed by atoms with Crippen LogP contribution in [0.25, 0.3) is 0 Å². The summed E-state index contributed by atoms with van der Waals surface area (Å²) < 4.78 is 0. The van der Waals surface area contributed by atoms with Gasteiger partial charge in [-0.15, -0.1) is 0 Å². The van der Waals surface area contributed by atoms with Gasteiger partial charge in [-0.1, -0.05) is 13.8 Å². The van der Waals surface area contributed by atoms with Gasteiger partial charge in [0.25, 0.3) is 0 Å². The van der Waals surface area contributed by atoms with Gasteiger partial charge in [0, 0.05) is 6.04 Å². The molecule has 70 valence electrons. The van der Waals surface area contributed by atoms with Crippen molar-refractivity contribution >= 4 is 6.34 Å². The second-order valence-electron chi connectivity index (χ2n) is 4.06. The fourth-order valence-electron chi connectivity index (χ4n) is 1.45. The molecule has 0 bridgehead atoms. The summed E-state index contributed by atoms with van der Waals surface area (Å²) in [6, 6.07) is 0.535.